The summed E-state index contributed by atoms with van der Waals surface area (Å²) in [5.74, 6) is 0. The van der Waals surface area contributed by atoms with E-state index in [1.54, 1.807) is 0 Å². The maximum absolute atomic E-state index is 6.49. The van der Waals surface area contributed by atoms with Crippen LogP contribution >= 0.6 is 0 Å². The number of benzene rings is 1. The molecule has 1 aliphatic heterocycles. The maximum Gasteiger partial charge on any atom is 0.0576 e. The molecule has 2 aliphatic rings. The Hall–Kier alpha value is -0.860. The van der Waals surface area contributed by atoms with E-state index >= 15 is 0 Å². The van der Waals surface area contributed by atoms with Crippen LogP contribution in [0.2, 0.25) is 0 Å². The summed E-state index contributed by atoms with van der Waals surface area (Å²) in [4.78, 5) is 0. The van der Waals surface area contributed by atoms with E-state index in [9.17, 15) is 0 Å². The number of nitrogens with two attached hydrogens (primary N) is 1. The quantitative estimate of drug-likeness (QED) is 0.850. The van der Waals surface area contributed by atoms with Gasteiger partial charge in [0.2, 0.25) is 0 Å². The van der Waals surface area contributed by atoms with Crippen molar-refractivity contribution in [3.05, 3.63) is 35.9 Å². The average Bonchev–Trinajstić information content (AvgIpc) is 3.11. The van der Waals surface area contributed by atoms with Crippen LogP contribution in [0, 0.1) is 0 Å². The summed E-state index contributed by atoms with van der Waals surface area (Å²) in [6.45, 7) is 0.963. The van der Waals surface area contributed by atoms with Crippen LogP contribution in [-0.4, -0.2) is 18.8 Å². The first kappa shape index (κ1) is 13.1. The topological polar surface area (TPSA) is 35.2 Å². The van der Waals surface area contributed by atoms with Gasteiger partial charge in [-0.05, 0) is 50.5 Å². The molecular formula is C17H25NO. The van der Waals surface area contributed by atoms with E-state index in [1.165, 1.54) is 44.1 Å². The Morgan fingerprint density at radius 3 is 2.68 bits per heavy atom. The first-order valence-corrected chi connectivity index (χ1v) is 7.74. The van der Waals surface area contributed by atoms with Crippen molar-refractivity contribution in [1.29, 1.82) is 0 Å². The number of rotatable bonds is 6. The lowest BCUT2D eigenvalue weighted by atomic mass is 9.85. The highest BCUT2D eigenvalue weighted by atomic mass is 16.5. The standard InChI is InChI=1S/C17H25NO/c18-16(10-4-8-15-9-5-13-19-15)17(11-12-17)14-6-2-1-3-7-14/h1-3,6-7,15-16H,4-5,8-13,18H2. The largest absolute Gasteiger partial charge is 0.378 e. The second-order valence-electron chi connectivity index (χ2n) is 6.19. The minimum atomic E-state index is 0.289. The molecule has 19 heavy (non-hydrogen) atoms. The molecule has 0 radical (unpaired) electrons. The Kier molecular flexibility index (Phi) is 3.90. The van der Waals surface area contributed by atoms with Gasteiger partial charge in [0.05, 0.1) is 6.10 Å². The fourth-order valence-corrected chi connectivity index (χ4v) is 3.49. The number of hydrogen-bond acceptors (Lipinski definition) is 2. The molecule has 3 rings (SSSR count). The lowest BCUT2D eigenvalue weighted by Gasteiger charge is -2.24. The van der Waals surface area contributed by atoms with Crippen LogP contribution in [0.3, 0.4) is 0 Å². The molecule has 1 aromatic rings. The molecule has 2 atom stereocenters. The summed E-state index contributed by atoms with van der Waals surface area (Å²) < 4.78 is 5.68. The van der Waals surface area contributed by atoms with E-state index in [0.717, 1.165) is 13.0 Å². The molecule has 2 nitrogen and oxygen atoms in total. The van der Waals surface area contributed by atoms with Gasteiger partial charge in [-0.15, -0.1) is 0 Å². The van der Waals surface area contributed by atoms with Crippen molar-refractivity contribution in [2.45, 2.75) is 62.5 Å². The number of ether oxygens (including phenoxy) is 1. The Bertz CT molecular complexity index is 393. The predicted octanol–water partition coefficient (Wildman–Crippen LogP) is 3.39. The van der Waals surface area contributed by atoms with E-state index < -0.39 is 0 Å². The van der Waals surface area contributed by atoms with E-state index in [-0.39, 0.29) is 5.41 Å². The average molecular weight is 259 g/mol. The van der Waals surface area contributed by atoms with Gasteiger partial charge in [0.1, 0.15) is 0 Å². The first-order chi connectivity index (χ1) is 9.31. The highest BCUT2D eigenvalue weighted by Crippen LogP contribution is 2.51. The molecule has 0 spiro atoms. The van der Waals surface area contributed by atoms with E-state index in [0.29, 0.717) is 12.1 Å². The molecular weight excluding hydrogens is 234 g/mol. The molecule has 2 unspecified atom stereocenters. The van der Waals surface area contributed by atoms with Crippen molar-refractivity contribution < 1.29 is 4.74 Å². The van der Waals surface area contributed by atoms with Gasteiger partial charge in [-0.1, -0.05) is 30.3 Å². The molecule has 1 saturated heterocycles. The third kappa shape index (κ3) is 2.85. The molecule has 1 heterocycles. The third-order valence-electron chi connectivity index (χ3n) is 4.91. The van der Waals surface area contributed by atoms with Gasteiger partial charge >= 0.3 is 0 Å². The fourth-order valence-electron chi connectivity index (χ4n) is 3.49. The zero-order valence-corrected chi connectivity index (χ0v) is 11.7. The molecule has 1 aromatic carbocycles. The summed E-state index contributed by atoms with van der Waals surface area (Å²) in [6, 6.07) is 11.2. The zero-order valence-electron chi connectivity index (χ0n) is 11.7. The van der Waals surface area contributed by atoms with Crippen LogP contribution in [0.5, 0.6) is 0 Å². The number of hydrogen-bond donors (Lipinski definition) is 1. The van der Waals surface area contributed by atoms with Gasteiger partial charge in [0, 0.05) is 18.1 Å². The second-order valence-corrected chi connectivity index (χ2v) is 6.19. The Labute approximate surface area is 116 Å². The summed E-state index contributed by atoms with van der Waals surface area (Å²) >= 11 is 0. The van der Waals surface area contributed by atoms with Crippen molar-refractivity contribution in [2.75, 3.05) is 6.61 Å². The van der Waals surface area contributed by atoms with Crippen molar-refractivity contribution in [2.24, 2.45) is 5.73 Å². The molecule has 1 aliphatic carbocycles. The fraction of sp³-hybridized carbons (Fsp3) is 0.647. The van der Waals surface area contributed by atoms with Crippen LogP contribution in [0.1, 0.15) is 50.5 Å². The molecule has 0 amide bonds. The lowest BCUT2D eigenvalue weighted by molar-refractivity contribution is 0.101. The van der Waals surface area contributed by atoms with Crippen LogP contribution < -0.4 is 5.73 Å². The van der Waals surface area contributed by atoms with Gasteiger partial charge < -0.3 is 10.5 Å². The van der Waals surface area contributed by atoms with Gasteiger partial charge in [0.25, 0.3) is 0 Å². The minimum Gasteiger partial charge on any atom is -0.378 e. The van der Waals surface area contributed by atoms with Crippen molar-refractivity contribution in [3.8, 4) is 0 Å². The van der Waals surface area contributed by atoms with Crippen LogP contribution in [0.4, 0.5) is 0 Å². The van der Waals surface area contributed by atoms with Crippen molar-refractivity contribution >= 4 is 0 Å². The lowest BCUT2D eigenvalue weighted by Crippen LogP contribution is -2.34. The van der Waals surface area contributed by atoms with Crippen LogP contribution in [0.15, 0.2) is 30.3 Å². The summed E-state index contributed by atoms with van der Waals surface area (Å²) in [6.07, 6.45) is 9.06. The van der Waals surface area contributed by atoms with Crippen LogP contribution in [-0.2, 0) is 10.2 Å². The molecule has 2 N–H and O–H groups in total. The zero-order chi connectivity index (χ0) is 13.1. The Morgan fingerprint density at radius 1 is 1.26 bits per heavy atom. The molecule has 104 valence electrons. The molecule has 2 fully saturated rings. The predicted molar refractivity (Wildman–Crippen MR) is 78.2 cm³/mol. The second kappa shape index (κ2) is 5.64. The maximum atomic E-state index is 6.49. The van der Waals surface area contributed by atoms with Gasteiger partial charge in [-0.2, -0.15) is 0 Å². The summed E-state index contributed by atoms with van der Waals surface area (Å²) in [5.41, 5.74) is 8.22. The van der Waals surface area contributed by atoms with E-state index in [4.69, 9.17) is 10.5 Å². The highest BCUT2D eigenvalue weighted by molar-refractivity contribution is 5.33. The SMILES string of the molecule is NC(CCCC1CCCO1)C1(c2ccccc2)CC1. The normalized spacial score (nSPS) is 26.3. The molecule has 2 heteroatoms. The molecule has 1 saturated carbocycles. The third-order valence-corrected chi connectivity index (χ3v) is 4.91. The van der Waals surface area contributed by atoms with Crippen molar-refractivity contribution in [1.82, 2.24) is 0 Å². The monoisotopic (exact) mass is 259 g/mol. The highest BCUT2D eigenvalue weighted by Gasteiger charge is 2.48. The smallest absolute Gasteiger partial charge is 0.0576 e. The first-order valence-electron chi connectivity index (χ1n) is 7.74. The molecule has 0 bridgehead atoms. The minimum absolute atomic E-state index is 0.289. The van der Waals surface area contributed by atoms with Crippen molar-refractivity contribution in [3.63, 3.8) is 0 Å². The van der Waals surface area contributed by atoms with Gasteiger partial charge in [-0.25, -0.2) is 0 Å². The molecule has 0 aromatic heterocycles. The Balaban J connectivity index is 1.51. The summed E-state index contributed by atoms with van der Waals surface area (Å²) in [5, 5.41) is 0. The van der Waals surface area contributed by atoms with Gasteiger partial charge in [0.15, 0.2) is 0 Å². The van der Waals surface area contributed by atoms with E-state index in [1.807, 2.05) is 0 Å². The van der Waals surface area contributed by atoms with Gasteiger partial charge in [-0.3, -0.25) is 0 Å². The van der Waals surface area contributed by atoms with Crippen LogP contribution in [0.25, 0.3) is 0 Å². The van der Waals surface area contributed by atoms with E-state index in [2.05, 4.69) is 30.3 Å². The summed E-state index contributed by atoms with van der Waals surface area (Å²) in [7, 11) is 0. The Morgan fingerprint density at radius 2 is 2.05 bits per heavy atom.